The fraction of sp³-hybridized carbons (Fsp3) is 0.333. The normalized spacial score (nSPS) is 14.7. The molecule has 1 saturated heterocycles. The van der Waals surface area contributed by atoms with Crippen molar-refractivity contribution in [1.82, 2.24) is 24.7 Å². The third-order valence-corrected chi connectivity index (χ3v) is 4.73. The third kappa shape index (κ3) is 3.35. The fourth-order valence-corrected chi connectivity index (χ4v) is 3.32. The summed E-state index contributed by atoms with van der Waals surface area (Å²) in [5.41, 5.74) is 2.04. The Kier molecular flexibility index (Phi) is 4.46. The molecule has 0 bridgehead atoms. The van der Waals surface area contributed by atoms with Gasteiger partial charge in [-0.1, -0.05) is 11.6 Å². The summed E-state index contributed by atoms with van der Waals surface area (Å²) in [5, 5.41) is 5.16. The Hall–Kier alpha value is -2.67. The largest absolute Gasteiger partial charge is 0.353 e. The Labute approximate surface area is 157 Å². The summed E-state index contributed by atoms with van der Waals surface area (Å²) in [7, 11) is 0. The summed E-state index contributed by atoms with van der Waals surface area (Å²) in [6, 6.07) is 7.88. The molecular formula is C18H20ClN7. The zero-order valence-electron chi connectivity index (χ0n) is 14.8. The molecule has 0 spiro atoms. The average molecular weight is 370 g/mol. The number of nitrogens with zero attached hydrogens (tertiary/aromatic N) is 7. The maximum atomic E-state index is 5.92. The van der Waals surface area contributed by atoms with Gasteiger partial charge in [0.15, 0.2) is 5.82 Å². The van der Waals surface area contributed by atoms with Crippen molar-refractivity contribution >= 4 is 23.2 Å². The topological polar surface area (TPSA) is 63.0 Å². The molecule has 0 saturated carbocycles. The van der Waals surface area contributed by atoms with E-state index in [9.17, 15) is 0 Å². The van der Waals surface area contributed by atoms with Crippen LogP contribution in [0.4, 0.5) is 11.6 Å². The zero-order chi connectivity index (χ0) is 18.1. The lowest BCUT2D eigenvalue weighted by atomic mass is 10.3. The van der Waals surface area contributed by atoms with Crippen LogP contribution in [0.1, 0.15) is 11.4 Å². The highest BCUT2D eigenvalue weighted by Gasteiger charge is 2.20. The molecule has 4 heterocycles. The molecular weight excluding hydrogens is 350 g/mol. The molecule has 26 heavy (non-hydrogen) atoms. The first-order valence-corrected chi connectivity index (χ1v) is 8.95. The Bertz CT molecular complexity index is 898. The van der Waals surface area contributed by atoms with Gasteiger partial charge in [-0.3, -0.25) is 0 Å². The molecule has 7 nitrogen and oxygen atoms in total. The maximum Gasteiger partial charge on any atom is 0.159 e. The van der Waals surface area contributed by atoms with Gasteiger partial charge in [0, 0.05) is 44.1 Å². The average Bonchev–Trinajstić information content (AvgIpc) is 3.01. The highest BCUT2D eigenvalue weighted by Crippen LogP contribution is 2.20. The van der Waals surface area contributed by atoms with E-state index in [1.54, 1.807) is 12.5 Å². The first-order chi connectivity index (χ1) is 12.6. The van der Waals surface area contributed by atoms with Gasteiger partial charge in [-0.2, -0.15) is 5.10 Å². The second kappa shape index (κ2) is 6.92. The minimum Gasteiger partial charge on any atom is -0.353 e. The van der Waals surface area contributed by atoms with Gasteiger partial charge < -0.3 is 9.80 Å². The van der Waals surface area contributed by atoms with Crippen LogP contribution in [-0.2, 0) is 0 Å². The first-order valence-electron chi connectivity index (χ1n) is 8.57. The second-order valence-electron chi connectivity index (χ2n) is 6.38. The van der Waals surface area contributed by atoms with Crippen molar-refractivity contribution in [2.75, 3.05) is 36.0 Å². The Morgan fingerprint density at radius 1 is 0.846 bits per heavy atom. The molecule has 0 aromatic carbocycles. The molecule has 1 fully saturated rings. The third-order valence-electron chi connectivity index (χ3n) is 4.50. The molecule has 0 unspecified atom stereocenters. The van der Waals surface area contributed by atoms with E-state index in [1.165, 1.54) is 0 Å². The Morgan fingerprint density at radius 3 is 2.15 bits per heavy atom. The highest BCUT2D eigenvalue weighted by molar-refractivity contribution is 6.30. The standard InChI is InChI=1S/C18H20ClN7/c1-13-9-14(2)26(23-13)18-10-17(21-12-22-18)25-7-5-24(6-8-25)16-4-3-15(19)11-20-16/h3-4,9-12H,5-8H2,1-2H3. The monoisotopic (exact) mass is 369 g/mol. The molecule has 0 radical (unpaired) electrons. The van der Waals surface area contributed by atoms with E-state index in [-0.39, 0.29) is 0 Å². The number of pyridine rings is 1. The van der Waals surface area contributed by atoms with Crippen LogP contribution in [0.3, 0.4) is 0 Å². The van der Waals surface area contributed by atoms with Gasteiger partial charge in [0.1, 0.15) is 18.0 Å². The van der Waals surface area contributed by atoms with Gasteiger partial charge in [-0.25, -0.2) is 19.6 Å². The predicted octanol–water partition coefficient (Wildman–Crippen LogP) is 2.65. The van der Waals surface area contributed by atoms with E-state index < -0.39 is 0 Å². The van der Waals surface area contributed by atoms with Crippen molar-refractivity contribution in [3.05, 3.63) is 53.2 Å². The fourth-order valence-electron chi connectivity index (χ4n) is 3.21. The molecule has 0 N–H and O–H groups in total. The SMILES string of the molecule is Cc1cc(C)n(-c2cc(N3CCN(c4ccc(Cl)cn4)CC3)ncn2)n1. The van der Waals surface area contributed by atoms with E-state index in [1.807, 2.05) is 42.8 Å². The van der Waals surface area contributed by atoms with Gasteiger partial charge in [0.05, 0.1) is 10.7 Å². The zero-order valence-corrected chi connectivity index (χ0v) is 15.6. The van der Waals surface area contributed by atoms with E-state index in [0.29, 0.717) is 5.02 Å². The molecule has 4 rings (SSSR count). The van der Waals surface area contributed by atoms with E-state index in [0.717, 1.165) is 55.0 Å². The number of rotatable bonds is 3. The minimum absolute atomic E-state index is 0.657. The van der Waals surface area contributed by atoms with Gasteiger partial charge in [-0.15, -0.1) is 0 Å². The summed E-state index contributed by atoms with van der Waals surface area (Å²) in [6.45, 7) is 7.52. The lowest BCUT2D eigenvalue weighted by Gasteiger charge is -2.36. The predicted molar refractivity (Wildman–Crippen MR) is 102 cm³/mol. The van der Waals surface area contributed by atoms with Crippen LogP contribution < -0.4 is 9.80 Å². The lowest BCUT2D eigenvalue weighted by Crippen LogP contribution is -2.47. The van der Waals surface area contributed by atoms with Gasteiger partial charge in [0.2, 0.25) is 0 Å². The molecule has 0 aliphatic carbocycles. The maximum absolute atomic E-state index is 5.92. The summed E-state index contributed by atoms with van der Waals surface area (Å²) in [4.78, 5) is 17.8. The number of aryl methyl sites for hydroxylation is 2. The molecule has 8 heteroatoms. The molecule has 134 valence electrons. The van der Waals surface area contributed by atoms with Crippen LogP contribution in [0.15, 0.2) is 36.8 Å². The summed E-state index contributed by atoms with van der Waals surface area (Å²) in [5.74, 6) is 2.67. The molecule has 0 amide bonds. The molecule has 3 aromatic heterocycles. The van der Waals surface area contributed by atoms with Crippen LogP contribution in [0.5, 0.6) is 0 Å². The van der Waals surface area contributed by atoms with Crippen LogP contribution in [0, 0.1) is 13.8 Å². The summed E-state index contributed by atoms with van der Waals surface area (Å²) >= 11 is 5.92. The van der Waals surface area contributed by atoms with Crippen molar-refractivity contribution in [1.29, 1.82) is 0 Å². The van der Waals surface area contributed by atoms with Crippen molar-refractivity contribution in [2.24, 2.45) is 0 Å². The Morgan fingerprint density at radius 2 is 1.54 bits per heavy atom. The molecule has 1 aliphatic heterocycles. The number of hydrogen-bond acceptors (Lipinski definition) is 6. The minimum atomic E-state index is 0.657. The van der Waals surface area contributed by atoms with Gasteiger partial charge >= 0.3 is 0 Å². The quantitative estimate of drug-likeness (QED) is 0.707. The molecule has 1 aliphatic rings. The lowest BCUT2D eigenvalue weighted by molar-refractivity contribution is 0.640. The first kappa shape index (κ1) is 16.8. The summed E-state index contributed by atoms with van der Waals surface area (Å²) in [6.07, 6.45) is 3.29. The summed E-state index contributed by atoms with van der Waals surface area (Å²) < 4.78 is 1.86. The van der Waals surface area contributed by atoms with E-state index in [2.05, 4.69) is 29.9 Å². The Balaban J connectivity index is 1.48. The van der Waals surface area contributed by atoms with E-state index >= 15 is 0 Å². The van der Waals surface area contributed by atoms with Gasteiger partial charge in [-0.05, 0) is 32.0 Å². The molecule has 0 atom stereocenters. The van der Waals surface area contributed by atoms with Crippen molar-refractivity contribution < 1.29 is 0 Å². The number of hydrogen-bond donors (Lipinski definition) is 0. The van der Waals surface area contributed by atoms with E-state index in [4.69, 9.17) is 11.6 Å². The van der Waals surface area contributed by atoms with Crippen LogP contribution in [0.2, 0.25) is 5.02 Å². The second-order valence-corrected chi connectivity index (χ2v) is 6.82. The van der Waals surface area contributed by atoms with Crippen LogP contribution in [-0.4, -0.2) is 50.9 Å². The van der Waals surface area contributed by atoms with Crippen molar-refractivity contribution in [2.45, 2.75) is 13.8 Å². The van der Waals surface area contributed by atoms with Gasteiger partial charge in [0.25, 0.3) is 0 Å². The smallest absolute Gasteiger partial charge is 0.159 e. The molecule has 3 aromatic rings. The number of anilines is 2. The highest BCUT2D eigenvalue weighted by atomic mass is 35.5. The number of piperazine rings is 1. The van der Waals surface area contributed by atoms with Crippen LogP contribution >= 0.6 is 11.6 Å². The van der Waals surface area contributed by atoms with Crippen molar-refractivity contribution in [3.8, 4) is 5.82 Å². The van der Waals surface area contributed by atoms with Crippen LogP contribution in [0.25, 0.3) is 5.82 Å². The number of aromatic nitrogens is 5. The van der Waals surface area contributed by atoms with Crippen molar-refractivity contribution in [3.63, 3.8) is 0 Å². The number of halogens is 1.